The van der Waals surface area contributed by atoms with E-state index in [1.807, 2.05) is 16.9 Å². The predicted octanol–water partition coefficient (Wildman–Crippen LogP) is 1.34. The third kappa shape index (κ3) is 3.80. The van der Waals surface area contributed by atoms with E-state index in [4.69, 9.17) is 15.2 Å². The van der Waals surface area contributed by atoms with Crippen molar-refractivity contribution in [3.63, 3.8) is 0 Å². The third-order valence-electron chi connectivity index (χ3n) is 2.97. The Labute approximate surface area is 103 Å². The number of ether oxygens (including phenoxy) is 2. The Bertz CT molecular complexity index is 323. The molecule has 1 heterocycles. The van der Waals surface area contributed by atoms with E-state index >= 15 is 0 Å². The first-order chi connectivity index (χ1) is 8.12. The molecule has 0 radical (unpaired) electrons. The highest BCUT2D eigenvalue weighted by molar-refractivity contribution is 5.02. The summed E-state index contributed by atoms with van der Waals surface area (Å²) in [4.78, 5) is 0. The van der Waals surface area contributed by atoms with Gasteiger partial charge in [0.25, 0.3) is 0 Å². The van der Waals surface area contributed by atoms with Crippen LogP contribution in [0.15, 0.2) is 12.3 Å². The van der Waals surface area contributed by atoms with Crippen molar-refractivity contribution in [1.82, 2.24) is 9.78 Å². The van der Waals surface area contributed by atoms with E-state index in [2.05, 4.69) is 18.9 Å². The lowest BCUT2D eigenvalue weighted by atomic mass is 10.1. The fourth-order valence-corrected chi connectivity index (χ4v) is 1.70. The third-order valence-corrected chi connectivity index (χ3v) is 2.97. The lowest BCUT2D eigenvalue weighted by Gasteiger charge is -2.20. The average molecular weight is 241 g/mol. The second kappa shape index (κ2) is 6.74. The van der Waals surface area contributed by atoms with Crippen LogP contribution in [0.2, 0.25) is 0 Å². The normalized spacial score (nSPS) is 15.2. The molecule has 17 heavy (non-hydrogen) atoms. The predicted molar refractivity (Wildman–Crippen MR) is 66.7 cm³/mol. The van der Waals surface area contributed by atoms with Gasteiger partial charge in [-0.05, 0) is 19.4 Å². The van der Waals surface area contributed by atoms with E-state index in [0.717, 1.165) is 12.1 Å². The molecule has 1 aromatic rings. The molecular weight excluding hydrogens is 218 g/mol. The minimum absolute atomic E-state index is 0.203. The molecule has 0 aliphatic carbocycles. The molecule has 0 aliphatic heterocycles. The van der Waals surface area contributed by atoms with Crippen molar-refractivity contribution in [2.24, 2.45) is 5.73 Å². The van der Waals surface area contributed by atoms with Crippen LogP contribution in [-0.4, -0.2) is 36.3 Å². The first-order valence-electron chi connectivity index (χ1n) is 5.97. The fraction of sp³-hybridized carbons (Fsp3) is 0.750. The Morgan fingerprint density at radius 3 is 2.59 bits per heavy atom. The summed E-state index contributed by atoms with van der Waals surface area (Å²) in [5.41, 5.74) is 6.96. The van der Waals surface area contributed by atoms with Crippen molar-refractivity contribution in [3.8, 4) is 0 Å². The minimum atomic E-state index is -0.385. The van der Waals surface area contributed by atoms with Gasteiger partial charge in [-0.3, -0.25) is 4.68 Å². The van der Waals surface area contributed by atoms with Gasteiger partial charge in [0.05, 0.1) is 11.7 Å². The molecule has 0 aliphatic rings. The number of aromatic nitrogens is 2. The smallest absolute Gasteiger partial charge is 0.172 e. The molecule has 0 spiro atoms. The molecule has 0 amide bonds. The van der Waals surface area contributed by atoms with Gasteiger partial charge in [-0.2, -0.15) is 5.10 Å². The molecule has 2 unspecified atom stereocenters. The zero-order chi connectivity index (χ0) is 12.8. The van der Waals surface area contributed by atoms with Crippen LogP contribution in [0.25, 0.3) is 0 Å². The standard InChI is InChI=1S/C12H23N3O2/c1-5-9(2)15-7-6-10(14-15)8-11(13)12(16-3)17-4/h6-7,9,11-12H,5,8,13H2,1-4H3. The fourth-order valence-electron chi connectivity index (χ4n) is 1.70. The summed E-state index contributed by atoms with van der Waals surface area (Å²) in [6.07, 6.45) is 3.32. The van der Waals surface area contributed by atoms with E-state index in [0.29, 0.717) is 12.5 Å². The summed E-state index contributed by atoms with van der Waals surface area (Å²) in [7, 11) is 3.18. The number of methoxy groups -OCH3 is 2. The van der Waals surface area contributed by atoms with Crippen LogP contribution in [0.3, 0.4) is 0 Å². The summed E-state index contributed by atoms with van der Waals surface area (Å²) < 4.78 is 12.2. The first-order valence-corrected chi connectivity index (χ1v) is 5.97. The quantitative estimate of drug-likeness (QED) is 0.732. The first kappa shape index (κ1) is 14.2. The summed E-state index contributed by atoms with van der Waals surface area (Å²) in [5, 5.41) is 4.50. The van der Waals surface area contributed by atoms with Gasteiger partial charge >= 0.3 is 0 Å². The maximum absolute atomic E-state index is 5.99. The van der Waals surface area contributed by atoms with Gasteiger partial charge in [-0.1, -0.05) is 6.92 Å². The summed E-state index contributed by atoms with van der Waals surface area (Å²) in [6, 6.07) is 2.21. The molecule has 2 atom stereocenters. The molecule has 2 N–H and O–H groups in total. The Hall–Kier alpha value is -0.910. The van der Waals surface area contributed by atoms with Crippen molar-refractivity contribution >= 4 is 0 Å². The van der Waals surface area contributed by atoms with Crippen LogP contribution in [0.5, 0.6) is 0 Å². The van der Waals surface area contributed by atoms with Gasteiger partial charge in [0.15, 0.2) is 6.29 Å². The van der Waals surface area contributed by atoms with E-state index in [1.165, 1.54) is 0 Å². The zero-order valence-electron chi connectivity index (χ0n) is 11.1. The molecular formula is C12H23N3O2. The highest BCUT2D eigenvalue weighted by Gasteiger charge is 2.18. The SMILES string of the molecule is CCC(C)n1ccc(CC(N)C(OC)OC)n1. The van der Waals surface area contributed by atoms with E-state index in [1.54, 1.807) is 14.2 Å². The van der Waals surface area contributed by atoms with Crippen LogP contribution in [0, 0.1) is 0 Å². The van der Waals surface area contributed by atoms with Gasteiger partial charge in [-0.25, -0.2) is 0 Å². The molecule has 0 saturated carbocycles. The van der Waals surface area contributed by atoms with Crippen LogP contribution in [0.4, 0.5) is 0 Å². The molecule has 5 nitrogen and oxygen atoms in total. The molecule has 0 aromatic carbocycles. The van der Waals surface area contributed by atoms with Crippen molar-refractivity contribution in [3.05, 3.63) is 18.0 Å². The van der Waals surface area contributed by atoms with Crippen LogP contribution >= 0.6 is 0 Å². The van der Waals surface area contributed by atoms with Gasteiger partial charge in [0, 0.05) is 32.9 Å². The molecule has 1 aromatic heterocycles. The minimum Gasteiger partial charge on any atom is -0.354 e. The Balaban J connectivity index is 2.59. The summed E-state index contributed by atoms with van der Waals surface area (Å²) in [6.45, 7) is 4.29. The monoisotopic (exact) mass is 241 g/mol. The van der Waals surface area contributed by atoms with Gasteiger partial charge in [0.2, 0.25) is 0 Å². The number of hydrogen-bond donors (Lipinski definition) is 1. The van der Waals surface area contributed by atoms with Crippen molar-refractivity contribution in [2.45, 2.75) is 45.1 Å². The second-order valence-electron chi connectivity index (χ2n) is 4.25. The number of nitrogens with zero attached hydrogens (tertiary/aromatic N) is 2. The largest absolute Gasteiger partial charge is 0.354 e. The van der Waals surface area contributed by atoms with E-state index in [9.17, 15) is 0 Å². The maximum Gasteiger partial charge on any atom is 0.172 e. The Kier molecular flexibility index (Phi) is 5.61. The Morgan fingerprint density at radius 1 is 1.41 bits per heavy atom. The van der Waals surface area contributed by atoms with E-state index < -0.39 is 0 Å². The zero-order valence-corrected chi connectivity index (χ0v) is 11.1. The van der Waals surface area contributed by atoms with Gasteiger partial charge < -0.3 is 15.2 Å². The van der Waals surface area contributed by atoms with Crippen LogP contribution < -0.4 is 5.73 Å². The van der Waals surface area contributed by atoms with Gasteiger partial charge in [-0.15, -0.1) is 0 Å². The van der Waals surface area contributed by atoms with E-state index in [-0.39, 0.29) is 12.3 Å². The molecule has 0 fully saturated rings. The molecule has 0 bridgehead atoms. The van der Waals surface area contributed by atoms with Crippen LogP contribution in [-0.2, 0) is 15.9 Å². The number of hydrogen-bond acceptors (Lipinski definition) is 4. The van der Waals surface area contributed by atoms with Crippen molar-refractivity contribution in [2.75, 3.05) is 14.2 Å². The highest BCUT2D eigenvalue weighted by atomic mass is 16.7. The van der Waals surface area contributed by atoms with Crippen LogP contribution in [0.1, 0.15) is 32.0 Å². The Morgan fingerprint density at radius 2 is 2.06 bits per heavy atom. The lowest BCUT2D eigenvalue weighted by molar-refractivity contribution is -0.116. The average Bonchev–Trinajstić information content (AvgIpc) is 2.78. The summed E-state index contributed by atoms with van der Waals surface area (Å²) >= 11 is 0. The lowest BCUT2D eigenvalue weighted by Crippen LogP contribution is -2.39. The number of rotatable bonds is 7. The molecule has 0 saturated heterocycles. The molecule has 1 rings (SSSR count). The molecule has 5 heteroatoms. The summed E-state index contributed by atoms with van der Waals surface area (Å²) in [5.74, 6) is 0. The second-order valence-corrected chi connectivity index (χ2v) is 4.25. The van der Waals surface area contributed by atoms with Crippen molar-refractivity contribution in [1.29, 1.82) is 0 Å². The maximum atomic E-state index is 5.99. The van der Waals surface area contributed by atoms with Gasteiger partial charge in [0.1, 0.15) is 0 Å². The number of nitrogens with two attached hydrogens (primary N) is 1. The highest BCUT2D eigenvalue weighted by Crippen LogP contribution is 2.11. The molecule has 98 valence electrons. The topological polar surface area (TPSA) is 62.3 Å². The van der Waals surface area contributed by atoms with Crippen molar-refractivity contribution < 1.29 is 9.47 Å².